The Hall–Kier alpha value is -1.59. The molecular formula is C56H108O6. The van der Waals surface area contributed by atoms with Crippen molar-refractivity contribution in [2.45, 2.75) is 323 Å². The molecular weight excluding hydrogens is 769 g/mol. The average molecular weight is 877 g/mol. The molecule has 1 atom stereocenters. The van der Waals surface area contributed by atoms with Gasteiger partial charge in [0.1, 0.15) is 13.2 Å². The van der Waals surface area contributed by atoms with Gasteiger partial charge >= 0.3 is 17.9 Å². The van der Waals surface area contributed by atoms with Crippen LogP contribution in [0.3, 0.4) is 0 Å². The van der Waals surface area contributed by atoms with Gasteiger partial charge in [-0.2, -0.15) is 0 Å². The summed E-state index contributed by atoms with van der Waals surface area (Å²) in [4.78, 5) is 38.0. The van der Waals surface area contributed by atoms with Crippen LogP contribution in [0, 0.1) is 5.92 Å². The number of esters is 3. The van der Waals surface area contributed by atoms with Crippen molar-refractivity contribution in [1.29, 1.82) is 0 Å². The van der Waals surface area contributed by atoms with Crippen LogP contribution >= 0.6 is 0 Å². The minimum absolute atomic E-state index is 0.0623. The highest BCUT2D eigenvalue weighted by atomic mass is 16.6. The van der Waals surface area contributed by atoms with E-state index in [0.29, 0.717) is 19.3 Å². The third-order valence-corrected chi connectivity index (χ3v) is 12.8. The van der Waals surface area contributed by atoms with Crippen molar-refractivity contribution >= 4 is 17.9 Å². The summed E-state index contributed by atoms with van der Waals surface area (Å²) in [5.41, 5.74) is 0. The minimum Gasteiger partial charge on any atom is -0.462 e. The summed E-state index contributed by atoms with van der Waals surface area (Å²) in [5.74, 6) is 0.00796. The smallest absolute Gasteiger partial charge is 0.306 e. The highest BCUT2D eigenvalue weighted by Crippen LogP contribution is 2.18. The van der Waals surface area contributed by atoms with Gasteiger partial charge in [-0.3, -0.25) is 14.4 Å². The highest BCUT2D eigenvalue weighted by molar-refractivity contribution is 5.71. The van der Waals surface area contributed by atoms with Gasteiger partial charge < -0.3 is 14.2 Å². The summed E-state index contributed by atoms with van der Waals surface area (Å²) >= 11 is 0. The fourth-order valence-electron chi connectivity index (χ4n) is 8.57. The molecule has 0 aromatic carbocycles. The summed E-state index contributed by atoms with van der Waals surface area (Å²) < 4.78 is 16.8. The van der Waals surface area contributed by atoms with Gasteiger partial charge in [0.25, 0.3) is 0 Å². The van der Waals surface area contributed by atoms with E-state index in [2.05, 4.69) is 27.7 Å². The summed E-state index contributed by atoms with van der Waals surface area (Å²) in [6, 6.07) is 0. The average Bonchev–Trinajstić information content (AvgIpc) is 3.26. The molecule has 368 valence electrons. The van der Waals surface area contributed by atoms with Crippen LogP contribution in [-0.2, 0) is 28.6 Å². The van der Waals surface area contributed by atoms with Crippen LogP contribution in [0.4, 0.5) is 0 Å². The molecule has 0 bridgehead atoms. The van der Waals surface area contributed by atoms with E-state index < -0.39 is 6.10 Å². The molecule has 0 fully saturated rings. The van der Waals surface area contributed by atoms with Crippen molar-refractivity contribution in [1.82, 2.24) is 0 Å². The number of hydrogen-bond donors (Lipinski definition) is 0. The molecule has 62 heavy (non-hydrogen) atoms. The van der Waals surface area contributed by atoms with E-state index in [9.17, 15) is 14.4 Å². The molecule has 0 spiro atoms. The minimum atomic E-state index is -0.760. The maximum atomic E-state index is 12.8. The van der Waals surface area contributed by atoms with Crippen LogP contribution in [0.5, 0.6) is 0 Å². The number of ether oxygens (including phenoxy) is 3. The topological polar surface area (TPSA) is 78.9 Å². The van der Waals surface area contributed by atoms with Crippen molar-refractivity contribution in [2.24, 2.45) is 5.92 Å². The van der Waals surface area contributed by atoms with Gasteiger partial charge in [-0.25, -0.2) is 0 Å². The fourth-order valence-corrected chi connectivity index (χ4v) is 8.57. The quantitative estimate of drug-likeness (QED) is 0.0344. The van der Waals surface area contributed by atoms with E-state index >= 15 is 0 Å². The van der Waals surface area contributed by atoms with Crippen molar-refractivity contribution in [3.8, 4) is 0 Å². The number of rotatable bonds is 51. The predicted molar refractivity (Wildman–Crippen MR) is 266 cm³/mol. The Balaban J connectivity index is 4.22. The third-order valence-electron chi connectivity index (χ3n) is 12.8. The van der Waals surface area contributed by atoms with Crippen molar-refractivity contribution < 1.29 is 28.6 Å². The molecule has 0 amide bonds. The molecule has 6 heteroatoms. The van der Waals surface area contributed by atoms with Crippen LogP contribution in [0.2, 0.25) is 0 Å². The summed E-state index contributed by atoms with van der Waals surface area (Å²) in [6.45, 7) is 9.04. The van der Waals surface area contributed by atoms with E-state index in [1.807, 2.05) is 0 Å². The van der Waals surface area contributed by atoms with Crippen LogP contribution < -0.4 is 0 Å². The zero-order valence-electron chi connectivity index (χ0n) is 42.3. The van der Waals surface area contributed by atoms with Crippen LogP contribution in [0.1, 0.15) is 317 Å². The Kier molecular flexibility index (Phi) is 49.1. The van der Waals surface area contributed by atoms with Gasteiger partial charge in [0.15, 0.2) is 6.10 Å². The first-order valence-electron chi connectivity index (χ1n) is 27.9. The number of unbranched alkanes of at least 4 members (excludes halogenated alkanes) is 38. The van der Waals surface area contributed by atoms with Gasteiger partial charge in [0.2, 0.25) is 0 Å². The summed E-state index contributed by atoms with van der Waals surface area (Å²) in [7, 11) is 0. The predicted octanol–water partition coefficient (Wildman–Crippen LogP) is 18.2. The van der Waals surface area contributed by atoms with E-state index in [4.69, 9.17) is 14.2 Å². The first-order chi connectivity index (χ1) is 30.4. The van der Waals surface area contributed by atoms with Gasteiger partial charge in [0, 0.05) is 19.3 Å². The molecule has 0 rings (SSSR count). The molecule has 0 unspecified atom stereocenters. The zero-order chi connectivity index (χ0) is 45.2. The number of hydrogen-bond acceptors (Lipinski definition) is 6. The molecule has 0 aromatic heterocycles. The largest absolute Gasteiger partial charge is 0.462 e. The third kappa shape index (κ3) is 49.4. The second-order valence-corrected chi connectivity index (χ2v) is 19.7. The molecule has 0 aliphatic rings. The molecule has 0 heterocycles. The Morgan fingerprint density at radius 2 is 0.532 bits per heavy atom. The molecule has 0 aliphatic carbocycles. The lowest BCUT2D eigenvalue weighted by Gasteiger charge is -2.18. The lowest BCUT2D eigenvalue weighted by molar-refractivity contribution is -0.167. The Labute approximate surface area is 387 Å². The monoisotopic (exact) mass is 877 g/mol. The molecule has 0 aromatic rings. The Morgan fingerprint density at radius 3 is 0.790 bits per heavy atom. The Morgan fingerprint density at radius 1 is 0.306 bits per heavy atom. The lowest BCUT2D eigenvalue weighted by atomic mass is 10.0. The van der Waals surface area contributed by atoms with E-state index in [1.165, 1.54) is 212 Å². The fraction of sp³-hybridized carbons (Fsp3) is 0.946. The maximum absolute atomic E-state index is 12.8. The van der Waals surface area contributed by atoms with Crippen LogP contribution in [-0.4, -0.2) is 37.2 Å². The first kappa shape index (κ1) is 60.4. The molecule has 0 radical (unpaired) electrons. The van der Waals surface area contributed by atoms with Crippen molar-refractivity contribution in [3.05, 3.63) is 0 Å². The molecule has 0 aliphatic heterocycles. The second-order valence-electron chi connectivity index (χ2n) is 19.7. The van der Waals surface area contributed by atoms with Gasteiger partial charge in [0.05, 0.1) is 0 Å². The van der Waals surface area contributed by atoms with Crippen LogP contribution in [0.15, 0.2) is 0 Å². The molecule has 6 nitrogen and oxygen atoms in total. The van der Waals surface area contributed by atoms with Gasteiger partial charge in [-0.15, -0.1) is 0 Å². The Bertz CT molecular complexity index is 933. The van der Waals surface area contributed by atoms with E-state index in [-0.39, 0.29) is 31.1 Å². The normalized spacial score (nSPS) is 12.0. The van der Waals surface area contributed by atoms with Gasteiger partial charge in [-0.05, 0) is 25.2 Å². The molecule has 0 saturated heterocycles. The standard InChI is InChI=1S/C56H108O6/c1-5-7-9-11-13-15-16-17-18-19-22-26-29-33-37-41-45-49-56(59)62-53(50-60-54(57)47-43-39-35-30-14-12-10-8-6-2)51-61-55(58)48-44-40-36-32-28-25-23-20-21-24-27-31-34-38-42-46-52(3)4/h52-53H,5-51H2,1-4H3/t53-/m0/s1. The van der Waals surface area contributed by atoms with E-state index in [0.717, 1.165) is 63.7 Å². The number of carbonyl (C=O) groups is 3. The van der Waals surface area contributed by atoms with Crippen molar-refractivity contribution in [2.75, 3.05) is 13.2 Å². The lowest BCUT2D eigenvalue weighted by Crippen LogP contribution is -2.30. The molecule has 0 saturated carbocycles. The number of carbonyl (C=O) groups excluding carboxylic acids is 3. The van der Waals surface area contributed by atoms with E-state index in [1.54, 1.807) is 0 Å². The molecule has 0 N–H and O–H groups in total. The SMILES string of the molecule is CCCCCCCCCCCCCCCCCCCC(=O)O[C@@H](COC(=O)CCCCCCCCCCC)COC(=O)CCCCCCCCCCCCCCCCCC(C)C. The second kappa shape index (κ2) is 50.4. The maximum Gasteiger partial charge on any atom is 0.306 e. The van der Waals surface area contributed by atoms with Crippen molar-refractivity contribution in [3.63, 3.8) is 0 Å². The van der Waals surface area contributed by atoms with Gasteiger partial charge in [-0.1, -0.05) is 278 Å². The highest BCUT2D eigenvalue weighted by Gasteiger charge is 2.19. The zero-order valence-corrected chi connectivity index (χ0v) is 42.3. The summed E-state index contributed by atoms with van der Waals surface area (Å²) in [5, 5.41) is 0. The van der Waals surface area contributed by atoms with Crippen LogP contribution in [0.25, 0.3) is 0 Å². The first-order valence-corrected chi connectivity index (χ1v) is 27.9. The summed E-state index contributed by atoms with van der Waals surface area (Å²) in [6.07, 6.45) is 53.8.